The van der Waals surface area contributed by atoms with E-state index in [9.17, 15) is 9.90 Å². The van der Waals surface area contributed by atoms with Gasteiger partial charge in [0.15, 0.2) is 0 Å². The number of aromatic nitrogens is 3. The molecule has 4 aromatic rings. The monoisotopic (exact) mass is 347 g/mol. The second kappa shape index (κ2) is 6.15. The first-order valence-electron chi connectivity index (χ1n) is 8.36. The van der Waals surface area contributed by atoms with E-state index in [2.05, 4.69) is 10.1 Å². The van der Waals surface area contributed by atoms with Gasteiger partial charge in [0, 0.05) is 17.5 Å². The lowest BCUT2D eigenvalue weighted by Gasteiger charge is -2.11. The van der Waals surface area contributed by atoms with Crippen molar-refractivity contribution < 1.29 is 9.63 Å². The Bertz CT molecular complexity index is 1170. The van der Waals surface area contributed by atoms with Crippen LogP contribution in [-0.4, -0.2) is 19.8 Å². The zero-order chi connectivity index (χ0) is 18.3. The van der Waals surface area contributed by atoms with Gasteiger partial charge in [0.05, 0.1) is 5.52 Å². The predicted octanol–water partition coefficient (Wildman–Crippen LogP) is 3.75. The van der Waals surface area contributed by atoms with Crippen LogP contribution in [0, 0.1) is 6.92 Å². The molecule has 26 heavy (non-hydrogen) atoms. The molecule has 0 radical (unpaired) electrons. The molecule has 0 aliphatic carbocycles. The number of benzene rings is 2. The maximum absolute atomic E-state index is 12.9. The molecule has 0 atom stereocenters. The van der Waals surface area contributed by atoms with Crippen molar-refractivity contribution in [1.82, 2.24) is 14.7 Å². The Morgan fingerprint density at radius 1 is 1.12 bits per heavy atom. The molecule has 0 saturated carbocycles. The van der Waals surface area contributed by atoms with E-state index in [0.29, 0.717) is 23.3 Å². The lowest BCUT2D eigenvalue weighted by atomic mass is 10.1. The highest BCUT2D eigenvalue weighted by Gasteiger charge is 2.22. The van der Waals surface area contributed by atoms with E-state index >= 15 is 0 Å². The molecule has 2 aromatic heterocycles. The molecular formula is C20H17N3O3. The van der Waals surface area contributed by atoms with Gasteiger partial charge in [0.1, 0.15) is 11.3 Å². The summed E-state index contributed by atoms with van der Waals surface area (Å²) in [5.41, 5.74) is 2.15. The van der Waals surface area contributed by atoms with Crippen LogP contribution in [0.3, 0.4) is 0 Å². The van der Waals surface area contributed by atoms with Crippen molar-refractivity contribution in [2.24, 2.45) is 0 Å². The van der Waals surface area contributed by atoms with E-state index in [1.165, 1.54) is 0 Å². The maximum atomic E-state index is 12.9. The smallest absolute Gasteiger partial charge is 0.267 e. The van der Waals surface area contributed by atoms with Crippen LogP contribution in [0.15, 0.2) is 57.8 Å². The summed E-state index contributed by atoms with van der Waals surface area (Å²) in [5, 5.41) is 15.3. The summed E-state index contributed by atoms with van der Waals surface area (Å²) in [6, 6.07) is 14.8. The van der Waals surface area contributed by atoms with Crippen LogP contribution < -0.4 is 5.56 Å². The Morgan fingerprint density at radius 2 is 1.85 bits per heavy atom. The summed E-state index contributed by atoms with van der Waals surface area (Å²) < 4.78 is 6.92. The van der Waals surface area contributed by atoms with Crippen LogP contribution in [0.2, 0.25) is 0 Å². The van der Waals surface area contributed by atoms with Crippen LogP contribution in [0.25, 0.3) is 33.7 Å². The minimum atomic E-state index is -0.358. The van der Waals surface area contributed by atoms with Gasteiger partial charge in [-0.25, -0.2) is 0 Å². The molecule has 2 aromatic carbocycles. The number of fused-ring (bicyclic) bond motifs is 1. The molecule has 0 amide bonds. The summed E-state index contributed by atoms with van der Waals surface area (Å²) in [6.07, 6.45) is 0. The average molecular weight is 347 g/mol. The van der Waals surface area contributed by atoms with Gasteiger partial charge in [-0.3, -0.25) is 4.79 Å². The van der Waals surface area contributed by atoms with Crippen molar-refractivity contribution >= 4 is 10.9 Å². The van der Waals surface area contributed by atoms with E-state index in [1.54, 1.807) is 16.7 Å². The van der Waals surface area contributed by atoms with E-state index in [0.717, 1.165) is 11.1 Å². The summed E-state index contributed by atoms with van der Waals surface area (Å²) in [6.45, 7) is 4.29. The minimum Gasteiger partial charge on any atom is -0.506 e. The quantitative estimate of drug-likeness (QED) is 0.610. The average Bonchev–Trinajstić information content (AvgIpc) is 3.12. The fourth-order valence-electron chi connectivity index (χ4n) is 3.15. The van der Waals surface area contributed by atoms with E-state index in [4.69, 9.17) is 4.52 Å². The molecule has 0 bridgehead atoms. The van der Waals surface area contributed by atoms with Crippen molar-refractivity contribution in [3.05, 3.63) is 64.4 Å². The number of aryl methyl sites for hydroxylation is 2. The minimum absolute atomic E-state index is 0.0127. The highest BCUT2D eigenvalue weighted by Crippen LogP contribution is 2.33. The predicted molar refractivity (Wildman–Crippen MR) is 99.0 cm³/mol. The third-order valence-corrected chi connectivity index (χ3v) is 4.49. The summed E-state index contributed by atoms with van der Waals surface area (Å²) in [5.74, 6) is 0.252. The normalized spacial score (nSPS) is 11.2. The third-order valence-electron chi connectivity index (χ3n) is 4.49. The van der Waals surface area contributed by atoms with Gasteiger partial charge in [-0.1, -0.05) is 41.6 Å². The van der Waals surface area contributed by atoms with Gasteiger partial charge < -0.3 is 14.2 Å². The zero-order valence-electron chi connectivity index (χ0n) is 14.4. The third kappa shape index (κ3) is 2.38. The van der Waals surface area contributed by atoms with Crippen LogP contribution in [0.5, 0.6) is 5.75 Å². The van der Waals surface area contributed by atoms with Gasteiger partial charge in [-0.2, -0.15) is 4.98 Å². The van der Waals surface area contributed by atoms with Gasteiger partial charge in [0.2, 0.25) is 5.82 Å². The van der Waals surface area contributed by atoms with Gasteiger partial charge in [0.25, 0.3) is 11.4 Å². The number of aromatic hydroxyl groups is 1. The van der Waals surface area contributed by atoms with Gasteiger partial charge in [-0.15, -0.1) is 0 Å². The molecule has 0 unspecified atom stereocenters. The fourth-order valence-corrected chi connectivity index (χ4v) is 3.15. The SMILES string of the molecule is CCn1c(=O)c(-c2nc(-c3ccccc3C)no2)c(O)c2ccccc21. The number of hydrogen-bond acceptors (Lipinski definition) is 5. The van der Waals surface area contributed by atoms with Crippen molar-refractivity contribution in [1.29, 1.82) is 0 Å². The number of hydrogen-bond donors (Lipinski definition) is 1. The summed E-state index contributed by atoms with van der Waals surface area (Å²) in [4.78, 5) is 17.3. The highest BCUT2D eigenvalue weighted by molar-refractivity contribution is 5.91. The van der Waals surface area contributed by atoms with Crippen LogP contribution in [0.4, 0.5) is 0 Å². The Labute approximate surface area is 149 Å². The Kier molecular flexibility index (Phi) is 3.80. The second-order valence-electron chi connectivity index (χ2n) is 6.03. The molecule has 0 aliphatic rings. The summed E-state index contributed by atoms with van der Waals surface area (Å²) >= 11 is 0. The van der Waals surface area contributed by atoms with Crippen molar-refractivity contribution in [2.45, 2.75) is 20.4 Å². The molecule has 6 heteroatoms. The molecule has 1 N–H and O–H groups in total. The Balaban J connectivity index is 1.96. The van der Waals surface area contributed by atoms with E-state index < -0.39 is 0 Å². The number of pyridine rings is 1. The lowest BCUT2D eigenvalue weighted by molar-refractivity contribution is 0.425. The topological polar surface area (TPSA) is 81.2 Å². The van der Waals surface area contributed by atoms with Gasteiger partial charge >= 0.3 is 0 Å². The molecule has 6 nitrogen and oxygen atoms in total. The second-order valence-corrected chi connectivity index (χ2v) is 6.03. The zero-order valence-corrected chi connectivity index (χ0v) is 14.4. The van der Waals surface area contributed by atoms with Crippen molar-refractivity contribution in [3.8, 4) is 28.6 Å². The molecule has 0 fully saturated rings. The van der Waals surface area contributed by atoms with E-state index in [1.807, 2.05) is 50.2 Å². The standard InChI is InChI=1S/C20H17N3O3/c1-3-23-15-11-7-6-10-14(15)17(24)16(20(23)25)19-21-18(22-26-19)13-9-5-4-8-12(13)2/h4-11,24H,3H2,1-2H3. The van der Waals surface area contributed by atoms with Crippen molar-refractivity contribution in [3.63, 3.8) is 0 Å². The maximum Gasteiger partial charge on any atom is 0.267 e. The van der Waals surface area contributed by atoms with Gasteiger partial charge in [-0.05, 0) is 31.5 Å². The largest absolute Gasteiger partial charge is 0.506 e. The summed E-state index contributed by atoms with van der Waals surface area (Å²) in [7, 11) is 0. The molecule has 0 saturated heterocycles. The highest BCUT2D eigenvalue weighted by atomic mass is 16.5. The first kappa shape index (κ1) is 16.1. The molecular weight excluding hydrogens is 330 g/mol. The first-order valence-corrected chi connectivity index (χ1v) is 8.36. The molecule has 0 spiro atoms. The lowest BCUT2D eigenvalue weighted by Crippen LogP contribution is -2.21. The molecule has 2 heterocycles. The van der Waals surface area contributed by atoms with Crippen molar-refractivity contribution in [2.75, 3.05) is 0 Å². The number of nitrogens with zero attached hydrogens (tertiary/aromatic N) is 3. The fraction of sp³-hybridized carbons (Fsp3) is 0.150. The van der Waals surface area contributed by atoms with Crippen LogP contribution >= 0.6 is 0 Å². The van der Waals surface area contributed by atoms with Crippen LogP contribution in [-0.2, 0) is 6.54 Å². The van der Waals surface area contributed by atoms with E-state index in [-0.39, 0.29) is 22.8 Å². The Morgan fingerprint density at radius 3 is 2.62 bits per heavy atom. The first-order chi connectivity index (χ1) is 12.6. The number of para-hydroxylation sites is 1. The molecule has 0 aliphatic heterocycles. The van der Waals surface area contributed by atoms with Crippen LogP contribution in [0.1, 0.15) is 12.5 Å². The Hall–Kier alpha value is -3.41. The molecule has 4 rings (SSSR count). The molecule has 130 valence electrons. The number of rotatable bonds is 3.